The van der Waals surface area contributed by atoms with Gasteiger partial charge in [0.15, 0.2) is 0 Å². The molecule has 3 fully saturated rings. The number of ether oxygens (including phenoxy) is 1. The van der Waals surface area contributed by atoms with Crippen molar-refractivity contribution in [2.75, 3.05) is 19.7 Å². The number of carbonyl (C=O) groups excluding carboxylic acids is 2. The van der Waals surface area contributed by atoms with E-state index < -0.39 is 12.1 Å². The minimum absolute atomic E-state index is 0.0188. The molecular formula is C28H30N2O5. The minimum Gasteiger partial charge on any atom is -0.481 e. The molecule has 35 heavy (non-hydrogen) atoms. The van der Waals surface area contributed by atoms with Crippen LogP contribution in [0.1, 0.15) is 42.7 Å². The van der Waals surface area contributed by atoms with E-state index in [4.69, 9.17) is 4.74 Å². The van der Waals surface area contributed by atoms with E-state index in [1.807, 2.05) is 29.2 Å². The quantitative estimate of drug-likeness (QED) is 0.663. The second kappa shape index (κ2) is 8.70. The van der Waals surface area contributed by atoms with Crippen LogP contribution in [0.25, 0.3) is 11.1 Å². The Morgan fingerprint density at radius 1 is 0.943 bits per heavy atom. The van der Waals surface area contributed by atoms with Crippen molar-refractivity contribution in [1.29, 1.82) is 0 Å². The molecule has 1 heterocycles. The molecule has 3 aliphatic carbocycles. The summed E-state index contributed by atoms with van der Waals surface area (Å²) in [5.41, 5.74) is 4.75. The van der Waals surface area contributed by atoms with Crippen LogP contribution in [-0.4, -0.2) is 53.7 Å². The molecule has 2 saturated carbocycles. The number of carboxylic acids is 1. The first-order valence-electron chi connectivity index (χ1n) is 12.6. The molecule has 1 unspecified atom stereocenters. The lowest BCUT2D eigenvalue weighted by atomic mass is 9.98. The highest BCUT2D eigenvalue weighted by Gasteiger charge is 2.60. The highest BCUT2D eigenvalue weighted by molar-refractivity contribution is 5.80. The van der Waals surface area contributed by atoms with Crippen LogP contribution in [-0.2, 0) is 14.3 Å². The second-order valence-electron chi connectivity index (χ2n) is 10.5. The van der Waals surface area contributed by atoms with E-state index in [9.17, 15) is 19.5 Å². The predicted octanol–water partition coefficient (Wildman–Crippen LogP) is 3.87. The van der Waals surface area contributed by atoms with Crippen molar-refractivity contribution in [2.24, 2.45) is 23.7 Å². The normalized spacial score (nSPS) is 28.2. The lowest BCUT2D eigenvalue weighted by Gasteiger charge is -2.25. The van der Waals surface area contributed by atoms with Gasteiger partial charge in [-0.25, -0.2) is 4.79 Å². The number of nitrogens with zero attached hydrogens (tertiary/aromatic N) is 1. The van der Waals surface area contributed by atoms with Crippen LogP contribution >= 0.6 is 0 Å². The van der Waals surface area contributed by atoms with Crippen LogP contribution in [0.4, 0.5) is 4.79 Å². The molecule has 0 bridgehead atoms. The van der Waals surface area contributed by atoms with Gasteiger partial charge >= 0.3 is 12.1 Å². The molecule has 1 aliphatic heterocycles. The molecule has 2 aromatic carbocycles. The van der Waals surface area contributed by atoms with Gasteiger partial charge in [-0.15, -0.1) is 0 Å². The SMILES string of the molecule is O=C(N[C@@H]1CCC[C@H]1CC(=O)N1C[C@@H]2C(C(=O)O)[C@@H]2C1)OCC1c2ccccc2-c2ccccc21. The molecule has 2 amide bonds. The fourth-order valence-electron chi connectivity index (χ4n) is 6.71. The van der Waals surface area contributed by atoms with Gasteiger partial charge in [-0.1, -0.05) is 55.0 Å². The molecular weight excluding hydrogens is 444 g/mol. The zero-order valence-corrected chi connectivity index (χ0v) is 19.6. The standard InChI is InChI=1S/C28H30N2O5/c31-25(30-13-21-22(14-30)26(21)27(32)33)12-16-6-5-11-24(16)29-28(34)35-15-23-19-9-3-1-7-17(19)18-8-2-4-10-20(18)23/h1-4,7-10,16,21-24,26H,5-6,11-15H2,(H,29,34)(H,32,33)/t16-,21-,22+,24+,26?/m0/s1. The number of carboxylic acid groups (broad SMARTS) is 1. The number of nitrogens with one attached hydrogen (secondary N) is 1. The van der Waals surface area contributed by atoms with Crippen LogP contribution in [0.3, 0.4) is 0 Å². The first-order valence-corrected chi connectivity index (χ1v) is 12.6. The first kappa shape index (κ1) is 22.1. The number of benzene rings is 2. The third-order valence-corrected chi connectivity index (χ3v) is 8.57. The predicted molar refractivity (Wildman–Crippen MR) is 129 cm³/mol. The van der Waals surface area contributed by atoms with Gasteiger partial charge in [-0.05, 0) is 52.8 Å². The van der Waals surface area contributed by atoms with Crippen LogP contribution < -0.4 is 5.32 Å². The van der Waals surface area contributed by atoms with Gasteiger partial charge in [0.25, 0.3) is 0 Å². The Morgan fingerprint density at radius 2 is 1.57 bits per heavy atom. The number of carbonyl (C=O) groups is 3. The van der Waals surface area contributed by atoms with Crippen molar-refractivity contribution in [3.8, 4) is 11.1 Å². The fraction of sp³-hybridized carbons (Fsp3) is 0.464. The molecule has 1 saturated heterocycles. The molecule has 0 aromatic heterocycles. The van der Waals surface area contributed by atoms with E-state index in [1.54, 1.807) is 0 Å². The Morgan fingerprint density at radius 3 is 2.20 bits per heavy atom. The molecule has 7 nitrogen and oxygen atoms in total. The van der Waals surface area contributed by atoms with Crippen LogP contribution in [0, 0.1) is 23.7 Å². The molecule has 0 spiro atoms. The number of likely N-dealkylation sites (tertiary alicyclic amines) is 1. The molecule has 7 heteroatoms. The van der Waals surface area contributed by atoms with E-state index in [2.05, 4.69) is 29.6 Å². The lowest BCUT2D eigenvalue weighted by molar-refractivity contribution is -0.141. The number of hydrogen-bond acceptors (Lipinski definition) is 4. The molecule has 2 aromatic rings. The summed E-state index contributed by atoms with van der Waals surface area (Å²) in [6.07, 6.45) is 2.68. The maximum absolute atomic E-state index is 12.8. The van der Waals surface area contributed by atoms with E-state index in [0.29, 0.717) is 19.5 Å². The van der Waals surface area contributed by atoms with Crippen molar-refractivity contribution < 1.29 is 24.2 Å². The number of fused-ring (bicyclic) bond motifs is 4. The Balaban J connectivity index is 1.03. The van der Waals surface area contributed by atoms with Gasteiger partial charge in [-0.3, -0.25) is 9.59 Å². The summed E-state index contributed by atoms with van der Waals surface area (Å²) in [7, 11) is 0. The summed E-state index contributed by atoms with van der Waals surface area (Å²) in [6, 6.07) is 16.4. The molecule has 6 rings (SSSR count). The van der Waals surface area contributed by atoms with Gasteiger partial charge in [0, 0.05) is 31.5 Å². The van der Waals surface area contributed by atoms with Crippen LogP contribution in [0.15, 0.2) is 48.5 Å². The average molecular weight is 475 g/mol. The largest absolute Gasteiger partial charge is 0.481 e. The summed E-state index contributed by atoms with van der Waals surface area (Å²) in [5, 5.41) is 12.2. The Bertz CT molecular complexity index is 1120. The van der Waals surface area contributed by atoms with Crippen LogP contribution in [0.5, 0.6) is 0 Å². The van der Waals surface area contributed by atoms with Crippen molar-refractivity contribution in [3.05, 3.63) is 59.7 Å². The topological polar surface area (TPSA) is 95.9 Å². The number of hydrogen-bond donors (Lipinski definition) is 2. The summed E-state index contributed by atoms with van der Waals surface area (Å²) >= 11 is 0. The smallest absolute Gasteiger partial charge is 0.407 e. The van der Waals surface area contributed by atoms with Gasteiger partial charge in [-0.2, -0.15) is 0 Å². The lowest BCUT2D eigenvalue weighted by Crippen LogP contribution is -2.41. The summed E-state index contributed by atoms with van der Waals surface area (Å²) in [4.78, 5) is 38.6. The summed E-state index contributed by atoms with van der Waals surface area (Å²) in [5.74, 6) is -0.582. The summed E-state index contributed by atoms with van der Waals surface area (Å²) < 4.78 is 5.71. The van der Waals surface area contributed by atoms with Crippen molar-refractivity contribution in [2.45, 2.75) is 37.6 Å². The molecule has 0 radical (unpaired) electrons. The third-order valence-electron chi connectivity index (χ3n) is 8.57. The Kier molecular flexibility index (Phi) is 5.50. The van der Waals surface area contributed by atoms with Gasteiger partial charge in [0.2, 0.25) is 5.91 Å². The van der Waals surface area contributed by atoms with E-state index in [-0.39, 0.29) is 48.1 Å². The zero-order chi connectivity index (χ0) is 24.1. The van der Waals surface area contributed by atoms with Crippen molar-refractivity contribution in [3.63, 3.8) is 0 Å². The number of rotatable bonds is 6. The van der Waals surface area contributed by atoms with Gasteiger partial charge in [0.05, 0.1) is 5.92 Å². The Hall–Kier alpha value is -3.35. The number of alkyl carbamates (subject to hydrolysis) is 1. The van der Waals surface area contributed by atoms with Crippen LogP contribution in [0.2, 0.25) is 0 Å². The molecule has 2 N–H and O–H groups in total. The van der Waals surface area contributed by atoms with Crippen molar-refractivity contribution in [1.82, 2.24) is 10.2 Å². The number of aliphatic carboxylic acids is 1. The van der Waals surface area contributed by atoms with Gasteiger partial charge in [0.1, 0.15) is 6.61 Å². The second-order valence-corrected chi connectivity index (χ2v) is 10.5. The average Bonchev–Trinajstić information content (AvgIpc) is 3.17. The highest BCUT2D eigenvalue weighted by Crippen LogP contribution is 2.52. The molecule has 182 valence electrons. The van der Waals surface area contributed by atoms with Crippen molar-refractivity contribution >= 4 is 18.0 Å². The maximum atomic E-state index is 12.8. The van der Waals surface area contributed by atoms with Gasteiger partial charge < -0.3 is 20.1 Å². The molecule has 5 atom stereocenters. The highest BCUT2D eigenvalue weighted by atomic mass is 16.5. The third kappa shape index (κ3) is 3.97. The Labute approximate surface area is 204 Å². The van der Waals surface area contributed by atoms with E-state index in [0.717, 1.165) is 19.3 Å². The molecule has 4 aliphatic rings. The maximum Gasteiger partial charge on any atom is 0.407 e. The number of piperidine rings is 1. The first-order chi connectivity index (χ1) is 17.0. The zero-order valence-electron chi connectivity index (χ0n) is 19.6. The fourth-order valence-corrected chi connectivity index (χ4v) is 6.71. The minimum atomic E-state index is -0.741. The number of amides is 2. The monoisotopic (exact) mass is 474 g/mol. The summed E-state index contributed by atoms with van der Waals surface area (Å²) in [6.45, 7) is 1.38. The van der Waals surface area contributed by atoms with E-state index in [1.165, 1.54) is 22.3 Å². The van der Waals surface area contributed by atoms with E-state index >= 15 is 0 Å².